The van der Waals surface area contributed by atoms with Crippen molar-refractivity contribution in [2.24, 2.45) is 0 Å². The lowest BCUT2D eigenvalue weighted by molar-refractivity contribution is -0.123. The number of fused-ring (bicyclic) bond motifs is 3. The third-order valence-electron chi connectivity index (χ3n) is 3.32. The second-order valence-corrected chi connectivity index (χ2v) is 4.17. The SMILES string of the molecule is O=C1NCCN2c3ccccc3CCC12. The lowest BCUT2D eigenvalue weighted by atomic mass is 9.94. The van der Waals surface area contributed by atoms with E-state index in [-0.39, 0.29) is 11.9 Å². The predicted octanol–water partition coefficient (Wildman–Crippen LogP) is 0.938. The average molecular weight is 202 g/mol. The van der Waals surface area contributed by atoms with Crippen molar-refractivity contribution in [2.45, 2.75) is 18.9 Å². The van der Waals surface area contributed by atoms with Gasteiger partial charge < -0.3 is 10.2 Å². The summed E-state index contributed by atoms with van der Waals surface area (Å²) in [4.78, 5) is 13.9. The Morgan fingerprint density at radius 3 is 3.13 bits per heavy atom. The van der Waals surface area contributed by atoms with E-state index in [4.69, 9.17) is 0 Å². The van der Waals surface area contributed by atoms with Crippen molar-refractivity contribution in [3.05, 3.63) is 29.8 Å². The number of piperazine rings is 1. The van der Waals surface area contributed by atoms with Crippen LogP contribution >= 0.6 is 0 Å². The van der Waals surface area contributed by atoms with Gasteiger partial charge in [0, 0.05) is 18.8 Å². The average Bonchev–Trinajstić information content (AvgIpc) is 2.29. The standard InChI is InChI=1S/C12H14N2O/c15-12-11-6-5-9-3-1-2-4-10(9)14(11)8-7-13-12/h1-4,11H,5-8H2,(H,13,15). The van der Waals surface area contributed by atoms with Gasteiger partial charge in [0.1, 0.15) is 6.04 Å². The van der Waals surface area contributed by atoms with Crippen LogP contribution in [-0.2, 0) is 11.2 Å². The van der Waals surface area contributed by atoms with E-state index in [2.05, 4.69) is 28.4 Å². The van der Waals surface area contributed by atoms with Gasteiger partial charge in [0.15, 0.2) is 0 Å². The fraction of sp³-hybridized carbons (Fsp3) is 0.417. The largest absolute Gasteiger partial charge is 0.358 e. The first kappa shape index (κ1) is 8.77. The number of hydrogen-bond donors (Lipinski definition) is 1. The highest BCUT2D eigenvalue weighted by molar-refractivity contribution is 5.87. The molecule has 78 valence electrons. The van der Waals surface area contributed by atoms with Crippen LogP contribution in [0, 0.1) is 0 Å². The Bertz CT molecular complexity index is 402. The van der Waals surface area contributed by atoms with Crippen LogP contribution in [0.1, 0.15) is 12.0 Å². The molecule has 0 aliphatic carbocycles. The first-order valence-electron chi connectivity index (χ1n) is 5.48. The van der Waals surface area contributed by atoms with Crippen molar-refractivity contribution in [3.8, 4) is 0 Å². The summed E-state index contributed by atoms with van der Waals surface area (Å²) in [6.45, 7) is 1.71. The van der Waals surface area contributed by atoms with Gasteiger partial charge >= 0.3 is 0 Å². The van der Waals surface area contributed by atoms with E-state index in [0.29, 0.717) is 0 Å². The van der Waals surface area contributed by atoms with Crippen molar-refractivity contribution in [2.75, 3.05) is 18.0 Å². The molecule has 1 saturated heterocycles. The number of anilines is 1. The Morgan fingerprint density at radius 2 is 2.20 bits per heavy atom. The van der Waals surface area contributed by atoms with Gasteiger partial charge in [0.2, 0.25) is 5.91 Å². The van der Waals surface area contributed by atoms with Crippen LogP contribution in [0.2, 0.25) is 0 Å². The van der Waals surface area contributed by atoms with Crippen LogP contribution in [0.15, 0.2) is 24.3 Å². The number of carbonyl (C=O) groups excluding carboxylic acids is 1. The van der Waals surface area contributed by atoms with Gasteiger partial charge in [-0.15, -0.1) is 0 Å². The third kappa shape index (κ3) is 1.30. The van der Waals surface area contributed by atoms with Gasteiger partial charge in [-0.3, -0.25) is 4.79 Å². The third-order valence-corrected chi connectivity index (χ3v) is 3.32. The van der Waals surface area contributed by atoms with Gasteiger partial charge in [-0.2, -0.15) is 0 Å². The molecule has 0 aromatic heterocycles. The molecule has 3 heteroatoms. The summed E-state index contributed by atoms with van der Waals surface area (Å²) in [5.41, 5.74) is 2.63. The fourth-order valence-corrected chi connectivity index (χ4v) is 2.58. The summed E-state index contributed by atoms with van der Waals surface area (Å²) < 4.78 is 0. The zero-order chi connectivity index (χ0) is 10.3. The van der Waals surface area contributed by atoms with E-state index in [9.17, 15) is 4.79 Å². The molecule has 1 aromatic carbocycles. The highest BCUT2D eigenvalue weighted by atomic mass is 16.2. The number of para-hydroxylation sites is 1. The summed E-state index contributed by atoms with van der Waals surface area (Å²) in [5.74, 6) is 0.191. The minimum atomic E-state index is 0.0636. The molecule has 1 fully saturated rings. The zero-order valence-electron chi connectivity index (χ0n) is 8.57. The second kappa shape index (κ2) is 3.26. The van der Waals surface area contributed by atoms with Crippen molar-refractivity contribution in [1.29, 1.82) is 0 Å². The van der Waals surface area contributed by atoms with E-state index in [0.717, 1.165) is 25.9 Å². The molecule has 3 nitrogen and oxygen atoms in total. The van der Waals surface area contributed by atoms with Crippen LogP contribution in [-0.4, -0.2) is 25.0 Å². The molecule has 2 aliphatic rings. The molecule has 0 bridgehead atoms. The smallest absolute Gasteiger partial charge is 0.242 e. The number of rotatable bonds is 0. The number of benzene rings is 1. The molecular weight excluding hydrogens is 188 g/mol. The molecule has 3 rings (SSSR count). The van der Waals surface area contributed by atoms with Gasteiger partial charge in [0.05, 0.1) is 0 Å². The predicted molar refractivity (Wildman–Crippen MR) is 58.9 cm³/mol. The molecule has 1 N–H and O–H groups in total. The van der Waals surface area contributed by atoms with E-state index >= 15 is 0 Å². The number of hydrogen-bond acceptors (Lipinski definition) is 2. The Labute approximate surface area is 89.1 Å². The number of amides is 1. The maximum atomic E-state index is 11.7. The first-order valence-corrected chi connectivity index (χ1v) is 5.48. The summed E-state index contributed by atoms with van der Waals surface area (Å²) in [6, 6.07) is 8.48. The lowest BCUT2D eigenvalue weighted by Crippen LogP contribution is -2.57. The minimum absolute atomic E-state index is 0.0636. The van der Waals surface area contributed by atoms with Crippen LogP contribution in [0.4, 0.5) is 5.69 Å². The molecule has 0 saturated carbocycles. The van der Waals surface area contributed by atoms with E-state index in [1.54, 1.807) is 0 Å². The highest BCUT2D eigenvalue weighted by Gasteiger charge is 2.33. The van der Waals surface area contributed by atoms with Crippen LogP contribution in [0.5, 0.6) is 0 Å². The molecule has 15 heavy (non-hydrogen) atoms. The normalized spacial score (nSPS) is 24.1. The molecule has 1 amide bonds. The molecule has 0 spiro atoms. The second-order valence-electron chi connectivity index (χ2n) is 4.17. The molecular formula is C12H14N2O. The van der Waals surface area contributed by atoms with Crippen LogP contribution < -0.4 is 10.2 Å². The molecule has 1 aromatic rings. The van der Waals surface area contributed by atoms with E-state index in [1.807, 2.05) is 6.07 Å². The number of nitrogens with zero attached hydrogens (tertiary/aromatic N) is 1. The van der Waals surface area contributed by atoms with E-state index in [1.165, 1.54) is 11.3 Å². The van der Waals surface area contributed by atoms with Gasteiger partial charge in [-0.1, -0.05) is 18.2 Å². The van der Waals surface area contributed by atoms with Crippen LogP contribution in [0.25, 0.3) is 0 Å². The van der Waals surface area contributed by atoms with Crippen molar-refractivity contribution in [1.82, 2.24) is 5.32 Å². The quantitative estimate of drug-likeness (QED) is 0.679. The maximum Gasteiger partial charge on any atom is 0.242 e. The highest BCUT2D eigenvalue weighted by Crippen LogP contribution is 2.31. The summed E-state index contributed by atoms with van der Waals surface area (Å²) in [5, 5.41) is 2.93. The monoisotopic (exact) mass is 202 g/mol. The number of carbonyl (C=O) groups is 1. The fourth-order valence-electron chi connectivity index (χ4n) is 2.58. The van der Waals surface area contributed by atoms with Crippen molar-refractivity contribution in [3.63, 3.8) is 0 Å². The number of nitrogens with one attached hydrogen (secondary N) is 1. The Kier molecular flexibility index (Phi) is 1.91. The molecule has 1 unspecified atom stereocenters. The molecule has 2 aliphatic heterocycles. The van der Waals surface area contributed by atoms with Crippen LogP contribution in [0.3, 0.4) is 0 Å². The first-order chi connectivity index (χ1) is 7.36. The zero-order valence-corrected chi connectivity index (χ0v) is 8.57. The molecule has 1 atom stereocenters. The van der Waals surface area contributed by atoms with Gasteiger partial charge in [0.25, 0.3) is 0 Å². The summed E-state index contributed by atoms with van der Waals surface area (Å²) in [7, 11) is 0. The topological polar surface area (TPSA) is 32.3 Å². The summed E-state index contributed by atoms with van der Waals surface area (Å²) in [6.07, 6.45) is 1.97. The lowest BCUT2D eigenvalue weighted by Gasteiger charge is -2.41. The maximum absolute atomic E-state index is 11.7. The van der Waals surface area contributed by atoms with Crippen molar-refractivity contribution >= 4 is 11.6 Å². The Hall–Kier alpha value is -1.51. The van der Waals surface area contributed by atoms with Gasteiger partial charge in [-0.05, 0) is 24.5 Å². The molecule has 0 radical (unpaired) electrons. The Balaban J connectivity index is 2.02. The van der Waals surface area contributed by atoms with Crippen molar-refractivity contribution < 1.29 is 4.79 Å². The Morgan fingerprint density at radius 1 is 1.33 bits per heavy atom. The van der Waals surface area contributed by atoms with E-state index < -0.39 is 0 Å². The summed E-state index contributed by atoms with van der Waals surface area (Å²) >= 11 is 0. The minimum Gasteiger partial charge on any atom is -0.358 e. The molecule has 2 heterocycles. The van der Waals surface area contributed by atoms with Gasteiger partial charge in [-0.25, -0.2) is 0 Å². The number of aryl methyl sites for hydroxylation is 1.